The van der Waals surface area contributed by atoms with Gasteiger partial charge in [0.25, 0.3) is 5.56 Å². The van der Waals surface area contributed by atoms with Crippen LogP contribution in [-0.2, 0) is 6.54 Å². The van der Waals surface area contributed by atoms with Crippen LogP contribution in [-0.4, -0.2) is 4.57 Å². The molecule has 0 fully saturated rings. The summed E-state index contributed by atoms with van der Waals surface area (Å²) in [5.74, 6) is 0. The Morgan fingerprint density at radius 2 is 1.94 bits per heavy atom. The van der Waals surface area contributed by atoms with E-state index in [4.69, 9.17) is 16.9 Å². The minimum atomic E-state index is -0.257. The summed E-state index contributed by atoms with van der Waals surface area (Å²) in [5, 5.41) is 9.77. The van der Waals surface area contributed by atoms with Crippen molar-refractivity contribution >= 4 is 11.6 Å². The third-order valence-corrected chi connectivity index (χ3v) is 3.02. The maximum absolute atomic E-state index is 12.0. The van der Waals surface area contributed by atoms with Crippen molar-refractivity contribution in [3.63, 3.8) is 0 Å². The Morgan fingerprint density at radius 3 is 2.50 bits per heavy atom. The van der Waals surface area contributed by atoms with Crippen LogP contribution in [0.15, 0.2) is 41.3 Å². The number of pyridine rings is 1. The summed E-state index contributed by atoms with van der Waals surface area (Å²) in [4.78, 5) is 12.0. The van der Waals surface area contributed by atoms with Crippen LogP contribution < -0.4 is 5.56 Å². The lowest BCUT2D eigenvalue weighted by molar-refractivity contribution is 0.725. The fourth-order valence-corrected chi connectivity index (χ4v) is 1.93. The van der Waals surface area contributed by atoms with E-state index in [2.05, 4.69) is 0 Å². The summed E-state index contributed by atoms with van der Waals surface area (Å²) in [7, 11) is 0. The van der Waals surface area contributed by atoms with E-state index in [0.717, 1.165) is 5.56 Å². The first-order chi connectivity index (χ1) is 8.67. The lowest BCUT2D eigenvalue weighted by Gasteiger charge is -2.07. The van der Waals surface area contributed by atoms with Crippen LogP contribution >= 0.6 is 11.6 Å². The van der Waals surface area contributed by atoms with E-state index in [9.17, 15) is 4.79 Å². The highest BCUT2D eigenvalue weighted by molar-refractivity contribution is 6.30. The van der Waals surface area contributed by atoms with Gasteiger partial charge >= 0.3 is 0 Å². The Bertz CT molecular complexity index is 666. The van der Waals surface area contributed by atoms with Gasteiger partial charge in [-0.15, -0.1) is 0 Å². The third kappa shape index (κ3) is 2.15. The molecule has 0 saturated carbocycles. The summed E-state index contributed by atoms with van der Waals surface area (Å²) in [5.41, 5.74) is 1.37. The van der Waals surface area contributed by atoms with Crippen LogP contribution in [0.5, 0.6) is 0 Å². The average Bonchev–Trinajstić information content (AvgIpc) is 2.39. The molecule has 90 valence electrons. The molecule has 0 unspecified atom stereocenters. The first-order valence-corrected chi connectivity index (χ1v) is 5.94. The molecule has 0 aliphatic carbocycles. The molecule has 18 heavy (non-hydrogen) atoms. The van der Waals surface area contributed by atoms with Crippen LogP contribution in [0.3, 0.4) is 0 Å². The second-order valence-electron chi connectivity index (χ2n) is 3.81. The topological polar surface area (TPSA) is 45.8 Å². The summed E-state index contributed by atoms with van der Waals surface area (Å²) >= 11 is 5.82. The van der Waals surface area contributed by atoms with Gasteiger partial charge in [0, 0.05) is 23.3 Å². The standard InChI is InChI=1S/C14H11ClN2O/c1-2-17-8-7-12(13(9-16)14(17)18)10-3-5-11(15)6-4-10/h3-8H,2H2,1H3. The molecule has 1 heterocycles. The normalized spacial score (nSPS) is 10.1. The molecular formula is C14H11ClN2O. The molecule has 1 aromatic carbocycles. The van der Waals surface area contributed by atoms with Crippen molar-refractivity contribution in [2.24, 2.45) is 0 Å². The average molecular weight is 259 g/mol. The molecule has 0 saturated heterocycles. The maximum Gasteiger partial charge on any atom is 0.269 e. The minimum absolute atomic E-state index is 0.168. The minimum Gasteiger partial charge on any atom is -0.315 e. The monoisotopic (exact) mass is 258 g/mol. The van der Waals surface area contributed by atoms with Crippen molar-refractivity contribution in [1.82, 2.24) is 4.57 Å². The lowest BCUT2D eigenvalue weighted by atomic mass is 10.0. The first kappa shape index (κ1) is 12.4. The fraction of sp³-hybridized carbons (Fsp3) is 0.143. The Balaban J connectivity index is 2.66. The highest BCUT2D eigenvalue weighted by Gasteiger charge is 2.10. The van der Waals surface area contributed by atoms with Gasteiger partial charge in [-0.25, -0.2) is 0 Å². The van der Waals surface area contributed by atoms with Gasteiger partial charge in [-0.05, 0) is 30.7 Å². The zero-order valence-corrected chi connectivity index (χ0v) is 10.6. The van der Waals surface area contributed by atoms with E-state index in [1.165, 1.54) is 4.57 Å². The molecule has 4 heteroatoms. The molecule has 1 aromatic heterocycles. The zero-order chi connectivity index (χ0) is 13.1. The van der Waals surface area contributed by atoms with Gasteiger partial charge in [0.05, 0.1) is 0 Å². The quantitative estimate of drug-likeness (QED) is 0.831. The second-order valence-corrected chi connectivity index (χ2v) is 4.25. The zero-order valence-electron chi connectivity index (χ0n) is 9.85. The molecule has 0 bridgehead atoms. The van der Waals surface area contributed by atoms with Crippen molar-refractivity contribution in [2.75, 3.05) is 0 Å². The first-order valence-electron chi connectivity index (χ1n) is 5.57. The molecule has 0 radical (unpaired) electrons. The molecule has 0 atom stereocenters. The molecular weight excluding hydrogens is 248 g/mol. The summed E-state index contributed by atoms with van der Waals surface area (Å²) < 4.78 is 1.51. The van der Waals surface area contributed by atoms with Crippen LogP contribution in [0.2, 0.25) is 5.02 Å². The molecule has 0 N–H and O–H groups in total. The fourth-order valence-electron chi connectivity index (χ4n) is 1.80. The highest BCUT2D eigenvalue weighted by atomic mass is 35.5. The van der Waals surface area contributed by atoms with Crippen molar-refractivity contribution in [2.45, 2.75) is 13.5 Å². The Labute approximate surface area is 110 Å². The van der Waals surface area contributed by atoms with E-state index in [1.807, 2.05) is 13.0 Å². The largest absolute Gasteiger partial charge is 0.315 e. The van der Waals surface area contributed by atoms with Crippen LogP contribution in [0.4, 0.5) is 0 Å². The van der Waals surface area contributed by atoms with E-state index in [0.29, 0.717) is 17.1 Å². The highest BCUT2D eigenvalue weighted by Crippen LogP contribution is 2.22. The smallest absolute Gasteiger partial charge is 0.269 e. The van der Waals surface area contributed by atoms with Gasteiger partial charge in [0.1, 0.15) is 11.6 Å². The Kier molecular flexibility index (Phi) is 3.50. The predicted molar refractivity (Wildman–Crippen MR) is 71.5 cm³/mol. The molecule has 0 aliphatic rings. The van der Waals surface area contributed by atoms with Gasteiger partial charge in [-0.3, -0.25) is 4.79 Å². The molecule has 3 nitrogen and oxygen atoms in total. The summed E-state index contributed by atoms with van der Waals surface area (Å²) in [6, 6.07) is 10.8. The molecule has 0 aliphatic heterocycles. The number of aryl methyl sites for hydroxylation is 1. The molecule has 0 spiro atoms. The molecule has 2 rings (SSSR count). The Morgan fingerprint density at radius 1 is 1.28 bits per heavy atom. The maximum atomic E-state index is 12.0. The van der Waals surface area contributed by atoms with Gasteiger partial charge < -0.3 is 4.57 Å². The number of benzene rings is 1. The summed E-state index contributed by atoms with van der Waals surface area (Å²) in [6.07, 6.45) is 1.70. The van der Waals surface area contributed by atoms with E-state index < -0.39 is 0 Å². The van der Waals surface area contributed by atoms with Crippen LogP contribution in [0, 0.1) is 11.3 Å². The SMILES string of the molecule is CCn1ccc(-c2ccc(Cl)cc2)c(C#N)c1=O. The number of hydrogen-bond acceptors (Lipinski definition) is 2. The number of hydrogen-bond donors (Lipinski definition) is 0. The van der Waals surface area contributed by atoms with E-state index >= 15 is 0 Å². The van der Waals surface area contributed by atoms with Crippen molar-refractivity contribution in [1.29, 1.82) is 5.26 Å². The summed E-state index contributed by atoms with van der Waals surface area (Å²) in [6.45, 7) is 2.42. The van der Waals surface area contributed by atoms with Crippen LogP contribution in [0.25, 0.3) is 11.1 Å². The van der Waals surface area contributed by atoms with E-state index in [1.54, 1.807) is 36.5 Å². The predicted octanol–water partition coefficient (Wildman–Crippen LogP) is 3.06. The Hall–Kier alpha value is -2.05. The number of nitrogens with zero attached hydrogens (tertiary/aromatic N) is 2. The number of aromatic nitrogens is 1. The molecule has 2 aromatic rings. The molecule has 0 amide bonds. The number of rotatable bonds is 2. The van der Waals surface area contributed by atoms with Gasteiger partial charge in [-0.2, -0.15) is 5.26 Å². The lowest BCUT2D eigenvalue weighted by Crippen LogP contribution is -2.21. The van der Waals surface area contributed by atoms with E-state index in [-0.39, 0.29) is 11.1 Å². The second kappa shape index (κ2) is 5.07. The van der Waals surface area contributed by atoms with Crippen molar-refractivity contribution in [3.05, 3.63) is 57.5 Å². The number of nitriles is 1. The van der Waals surface area contributed by atoms with Crippen LogP contribution in [0.1, 0.15) is 12.5 Å². The van der Waals surface area contributed by atoms with Crippen molar-refractivity contribution in [3.8, 4) is 17.2 Å². The van der Waals surface area contributed by atoms with Gasteiger partial charge in [0.2, 0.25) is 0 Å². The van der Waals surface area contributed by atoms with Gasteiger partial charge in [-0.1, -0.05) is 23.7 Å². The number of halogens is 1. The third-order valence-electron chi connectivity index (χ3n) is 2.77. The van der Waals surface area contributed by atoms with Gasteiger partial charge in [0.15, 0.2) is 0 Å². The van der Waals surface area contributed by atoms with Crippen molar-refractivity contribution < 1.29 is 0 Å².